The number of hydrogen-bond donors (Lipinski definition) is 0. The summed E-state index contributed by atoms with van der Waals surface area (Å²) in [5.74, 6) is -0.00463. The zero-order valence-corrected chi connectivity index (χ0v) is 12.9. The van der Waals surface area contributed by atoms with Crippen LogP contribution in [0.1, 0.15) is 21.5 Å². The van der Waals surface area contributed by atoms with E-state index in [-0.39, 0.29) is 5.91 Å². The van der Waals surface area contributed by atoms with Crippen LogP contribution >= 0.6 is 15.9 Å². The van der Waals surface area contributed by atoms with Gasteiger partial charge in [0, 0.05) is 22.8 Å². The van der Waals surface area contributed by atoms with Crippen LogP contribution in [0.3, 0.4) is 0 Å². The van der Waals surface area contributed by atoms with Crippen molar-refractivity contribution < 1.29 is 4.79 Å². The van der Waals surface area contributed by atoms with Crippen molar-refractivity contribution >= 4 is 27.5 Å². The van der Waals surface area contributed by atoms with Gasteiger partial charge in [0.15, 0.2) is 0 Å². The largest absolute Gasteiger partial charge is 0.311 e. The molecule has 2 rings (SSSR count). The quantitative estimate of drug-likeness (QED) is 0.806. The van der Waals surface area contributed by atoms with E-state index in [1.165, 1.54) is 0 Å². The number of para-hydroxylation sites is 1. The maximum Gasteiger partial charge on any atom is 0.258 e. The second-order valence-electron chi connectivity index (χ2n) is 4.61. The fourth-order valence-electron chi connectivity index (χ4n) is 1.97. The first-order chi connectivity index (χ1) is 9.00. The maximum absolute atomic E-state index is 12.5. The fraction of sp³-hybridized carbons (Fsp3) is 0.188. The molecule has 2 aromatic rings. The van der Waals surface area contributed by atoms with Crippen LogP contribution in [-0.2, 0) is 0 Å². The summed E-state index contributed by atoms with van der Waals surface area (Å²) >= 11 is 3.46. The number of amides is 1. The number of aryl methyl sites for hydroxylation is 2. The molecule has 0 saturated heterocycles. The van der Waals surface area contributed by atoms with E-state index in [4.69, 9.17) is 0 Å². The maximum atomic E-state index is 12.5. The van der Waals surface area contributed by atoms with Crippen LogP contribution in [0.2, 0.25) is 0 Å². The lowest BCUT2D eigenvalue weighted by Gasteiger charge is -2.19. The van der Waals surface area contributed by atoms with Crippen LogP contribution in [0.4, 0.5) is 5.69 Å². The molecule has 0 unspecified atom stereocenters. The minimum atomic E-state index is -0.00463. The zero-order valence-electron chi connectivity index (χ0n) is 11.3. The van der Waals surface area contributed by atoms with Crippen molar-refractivity contribution in [1.29, 1.82) is 0 Å². The summed E-state index contributed by atoms with van der Waals surface area (Å²) in [6, 6.07) is 13.5. The number of anilines is 1. The van der Waals surface area contributed by atoms with Gasteiger partial charge in [-0.2, -0.15) is 0 Å². The van der Waals surface area contributed by atoms with Crippen molar-refractivity contribution in [1.82, 2.24) is 0 Å². The Labute approximate surface area is 122 Å². The molecule has 0 N–H and O–H groups in total. The van der Waals surface area contributed by atoms with E-state index >= 15 is 0 Å². The smallest absolute Gasteiger partial charge is 0.258 e. The Morgan fingerprint density at radius 3 is 2.37 bits per heavy atom. The van der Waals surface area contributed by atoms with Crippen molar-refractivity contribution in [3.8, 4) is 0 Å². The lowest BCUT2D eigenvalue weighted by molar-refractivity contribution is 0.0993. The van der Waals surface area contributed by atoms with E-state index < -0.39 is 0 Å². The first kappa shape index (κ1) is 13.8. The summed E-state index contributed by atoms with van der Waals surface area (Å²) < 4.78 is 0.955. The zero-order chi connectivity index (χ0) is 14.0. The second-order valence-corrected chi connectivity index (χ2v) is 5.47. The molecule has 0 aliphatic carbocycles. The van der Waals surface area contributed by atoms with Gasteiger partial charge in [0.2, 0.25) is 0 Å². The fourth-order valence-corrected chi connectivity index (χ4v) is 2.35. The Morgan fingerprint density at radius 2 is 1.74 bits per heavy atom. The van der Waals surface area contributed by atoms with Crippen molar-refractivity contribution in [2.45, 2.75) is 13.8 Å². The summed E-state index contributed by atoms with van der Waals surface area (Å²) in [7, 11) is 1.80. The average molecular weight is 318 g/mol. The van der Waals surface area contributed by atoms with E-state index in [0.29, 0.717) is 5.56 Å². The highest BCUT2D eigenvalue weighted by Crippen LogP contribution is 2.22. The molecule has 2 aromatic carbocycles. The molecule has 0 heterocycles. The minimum Gasteiger partial charge on any atom is -0.311 e. The van der Waals surface area contributed by atoms with Gasteiger partial charge in [-0.15, -0.1) is 0 Å². The van der Waals surface area contributed by atoms with Crippen LogP contribution in [-0.4, -0.2) is 13.0 Å². The molecule has 0 aliphatic heterocycles. The molecule has 1 amide bonds. The van der Waals surface area contributed by atoms with Gasteiger partial charge in [-0.1, -0.05) is 40.2 Å². The molecular formula is C16H16BrNO. The Bertz CT molecular complexity index is 622. The standard InChI is InChI=1S/C16H16BrNO/c1-11-8-9-13(10-14(11)17)16(19)18(3)15-7-5-4-6-12(15)2/h4-10H,1-3H3. The third-order valence-electron chi connectivity index (χ3n) is 3.20. The van der Waals surface area contributed by atoms with Crippen LogP contribution in [0.25, 0.3) is 0 Å². The van der Waals surface area contributed by atoms with E-state index in [1.54, 1.807) is 11.9 Å². The lowest BCUT2D eigenvalue weighted by Crippen LogP contribution is -2.26. The van der Waals surface area contributed by atoms with Crippen molar-refractivity contribution in [3.05, 3.63) is 63.6 Å². The molecule has 19 heavy (non-hydrogen) atoms. The van der Waals surface area contributed by atoms with Gasteiger partial charge in [-0.05, 0) is 43.2 Å². The minimum absolute atomic E-state index is 0.00463. The van der Waals surface area contributed by atoms with Crippen molar-refractivity contribution in [2.75, 3.05) is 11.9 Å². The van der Waals surface area contributed by atoms with Gasteiger partial charge in [0.05, 0.1) is 0 Å². The lowest BCUT2D eigenvalue weighted by atomic mass is 10.1. The second kappa shape index (κ2) is 5.57. The number of carbonyl (C=O) groups is 1. The monoisotopic (exact) mass is 317 g/mol. The summed E-state index contributed by atoms with van der Waals surface area (Å²) in [6.07, 6.45) is 0. The van der Waals surface area contributed by atoms with Crippen LogP contribution < -0.4 is 4.90 Å². The summed E-state index contributed by atoms with van der Waals surface area (Å²) in [5, 5.41) is 0. The molecule has 0 aliphatic rings. The number of rotatable bonds is 2. The Hall–Kier alpha value is -1.61. The average Bonchev–Trinajstić information content (AvgIpc) is 2.41. The highest BCUT2D eigenvalue weighted by molar-refractivity contribution is 9.10. The van der Waals surface area contributed by atoms with Gasteiger partial charge in [-0.3, -0.25) is 4.79 Å². The molecule has 0 bridgehead atoms. The van der Waals surface area contributed by atoms with Gasteiger partial charge < -0.3 is 4.90 Å². The normalized spacial score (nSPS) is 10.3. The molecule has 98 valence electrons. The molecule has 0 aromatic heterocycles. The van der Waals surface area contributed by atoms with Crippen LogP contribution in [0.5, 0.6) is 0 Å². The molecule has 0 atom stereocenters. The van der Waals surface area contributed by atoms with Gasteiger partial charge in [0.1, 0.15) is 0 Å². The first-order valence-corrected chi connectivity index (χ1v) is 6.90. The first-order valence-electron chi connectivity index (χ1n) is 6.10. The number of benzene rings is 2. The number of hydrogen-bond acceptors (Lipinski definition) is 1. The topological polar surface area (TPSA) is 20.3 Å². The SMILES string of the molecule is Cc1ccc(C(=O)N(C)c2ccccc2C)cc1Br. The Kier molecular flexibility index (Phi) is 4.05. The van der Waals surface area contributed by atoms with E-state index in [0.717, 1.165) is 21.3 Å². The summed E-state index contributed by atoms with van der Waals surface area (Å²) in [4.78, 5) is 14.2. The predicted molar refractivity (Wildman–Crippen MR) is 82.8 cm³/mol. The predicted octanol–water partition coefficient (Wildman–Crippen LogP) is 4.34. The highest BCUT2D eigenvalue weighted by atomic mass is 79.9. The van der Waals surface area contributed by atoms with E-state index in [2.05, 4.69) is 15.9 Å². The summed E-state index contributed by atoms with van der Waals surface area (Å²) in [6.45, 7) is 4.01. The van der Waals surface area contributed by atoms with Crippen LogP contribution in [0, 0.1) is 13.8 Å². The van der Waals surface area contributed by atoms with Crippen LogP contribution in [0.15, 0.2) is 46.9 Å². The Morgan fingerprint density at radius 1 is 1.05 bits per heavy atom. The molecule has 0 fully saturated rings. The summed E-state index contributed by atoms with van der Waals surface area (Å²) in [5.41, 5.74) is 3.83. The third kappa shape index (κ3) is 2.87. The molecule has 0 saturated carbocycles. The molecular weight excluding hydrogens is 302 g/mol. The van der Waals surface area contributed by atoms with Crippen molar-refractivity contribution in [2.24, 2.45) is 0 Å². The van der Waals surface area contributed by atoms with E-state index in [9.17, 15) is 4.79 Å². The molecule has 2 nitrogen and oxygen atoms in total. The highest BCUT2D eigenvalue weighted by Gasteiger charge is 2.15. The molecule has 3 heteroatoms. The van der Waals surface area contributed by atoms with Gasteiger partial charge >= 0.3 is 0 Å². The third-order valence-corrected chi connectivity index (χ3v) is 4.05. The Balaban J connectivity index is 2.34. The number of halogens is 1. The van der Waals surface area contributed by atoms with Gasteiger partial charge in [-0.25, -0.2) is 0 Å². The van der Waals surface area contributed by atoms with Gasteiger partial charge in [0.25, 0.3) is 5.91 Å². The molecule has 0 radical (unpaired) electrons. The van der Waals surface area contributed by atoms with Crippen molar-refractivity contribution in [3.63, 3.8) is 0 Å². The van der Waals surface area contributed by atoms with E-state index in [1.807, 2.05) is 56.3 Å². The number of carbonyl (C=O) groups excluding carboxylic acids is 1. The molecule has 0 spiro atoms. The number of nitrogens with zero attached hydrogens (tertiary/aromatic N) is 1.